The molecule has 146 valence electrons. The molecule has 0 aliphatic carbocycles. The maximum atomic E-state index is 13.2. The minimum absolute atomic E-state index is 0.154. The molecule has 0 bridgehead atoms. The zero-order valence-electron chi connectivity index (χ0n) is 16.9. The Morgan fingerprint density at radius 3 is 2.59 bits per heavy atom. The molecule has 1 unspecified atom stereocenters. The fourth-order valence-corrected chi connectivity index (χ4v) is 3.98. The van der Waals surface area contributed by atoms with E-state index in [1.165, 1.54) is 16.9 Å². The maximum absolute atomic E-state index is 13.2. The Kier molecular flexibility index (Phi) is 6.00. The summed E-state index contributed by atoms with van der Waals surface area (Å²) >= 11 is 0. The minimum atomic E-state index is -0.174. The number of carbonyl (C=O) groups is 2. The maximum Gasteiger partial charge on any atom is 0.277 e. The zero-order valence-corrected chi connectivity index (χ0v) is 16.9. The predicted molar refractivity (Wildman–Crippen MR) is 106 cm³/mol. The standard InChI is InChI=1S/C22H30N2O3/c1-15-7-5-10-23(14-15)20-19(18-9-8-16(2)17(3)13-18)21(25)24(22(20)26)11-6-12-27-4/h8-9,13,15H,5-7,10-12,14H2,1-4H3. The van der Waals surface area contributed by atoms with Crippen molar-refractivity contribution in [2.75, 3.05) is 33.4 Å². The van der Waals surface area contributed by atoms with Crippen LogP contribution in [0.4, 0.5) is 0 Å². The van der Waals surface area contributed by atoms with E-state index in [-0.39, 0.29) is 11.8 Å². The van der Waals surface area contributed by atoms with Gasteiger partial charge in [-0.2, -0.15) is 0 Å². The number of rotatable bonds is 6. The van der Waals surface area contributed by atoms with E-state index < -0.39 is 0 Å². The van der Waals surface area contributed by atoms with E-state index in [1.54, 1.807) is 7.11 Å². The van der Waals surface area contributed by atoms with E-state index in [1.807, 2.05) is 25.1 Å². The SMILES string of the molecule is COCCCN1C(=O)C(c2ccc(C)c(C)c2)=C(N2CCCC(C)C2)C1=O. The molecule has 27 heavy (non-hydrogen) atoms. The van der Waals surface area contributed by atoms with Crippen molar-refractivity contribution >= 4 is 17.4 Å². The molecular weight excluding hydrogens is 340 g/mol. The topological polar surface area (TPSA) is 49.9 Å². The van der Waals surface area contributed by atoms with Crippen molar-refractivity contribution in [2.24, 2.45) is 5.92 Å². The van der Waals surface area contributed by atoms with Gasteiger partial charge in [-0.3, -0.25) is 14.5 Å². The molecule has 0 N–H and O–H groups in total. The van der Waals surface area contributed by atoms with E-state index in [0.717, 1.165) is 30.6 Å². The second-order valence-electron chi connectivity index (χ2n) is 7.82. The number of hydrogen-bond donors (Lipinski definition) is 0. The molecule has 1 fully saturated rings. The number of likely N-dealkylation sites (tertiary alicyclic amines) is 1. The molecule has 3 rings (SSSR count). The van der Waals surface area contributed by atoms with Crippen molar-refractivity contribution in [2.45, 2.75) is 40.0 Å². The lowest BCUT2D eigenvalue weighted by atomic mass is 9.96. The Hall–Kier alpha value is -2.14. The van der Waals surface area contributed by atoms with Crippen LogP contribution in [0.2, 0.25) is 0 Å². The van der Waals surface area contributed by atoms with Gasteiger partial charge in [0.25, 0.3) is 11.8 Å². The van der Waals surface area contributed by atoms with Gasteiger partial charge in [0.2, 0.25) is 0 Å². The van der Waals surface area contributed by atoms with Gasteiger partial charge in [0.05, 0.1) is 5.57 Å². The quantitative estimate of drug-likeness (QED) is 0.570. The summed E-state index contributed by atoms with van der Waals surface area (Å²) in [7, 11) is 1.63. The first kappa shape index (κ1) is 19.6. The van der Waals surface area contributed by atoms with E-state index >= 15 is 0 Å². The molecule has 1 saturated heterocycles. The van der Waals surface area contributed by atoms with Crippen LogP contribution in [0.5, 0.6) is 0 Å². The largest absolute Gasteiger partial charge is 0.385 e. The summed E-state index contributed by atoms with van der Waals surface area (Å²) in [5.74, 6) is 0.198. The number of aryl methyl sites for hydroxylation is 2. The van der Waals surface area contributed by atoms with Gasteiger partial charge in [0.1, 0.15) is 5.70 Å². The second kappa shape index (κ2) is 8.26. The van der Waals surface area contributed by atoms with Gasteiger partial charge in [0.15, 0.2) is 0 Å². The fraction of sp³-hybridized carbons (Fsp3) is 0.545. The molecule has 0 spiro atoms. The van der Waals surface area contributed by atoms with Crippen LogP contribution in [-0.4, -0.2) is 55.0 Å². The number of methoxy groups -OCH3 is 1. The summed E-state index contributed by atoms with van der Waals surface area (Å²) in [4.78, 5) is 30.0. The van der Waals surface area contributed by atoms with E-state index in [4.69, 9.17) is 4.74 Å². The van der Waals surface area contributed by atoms with Crippen molar-refractivity contribution in [3.05, 3.63) is 40.6 Å². The molecule has 2 amide bonds. The van der Waals surface area contributed by atoms with Crippen LogP contribution in [0.15, 0.2) is 23.9 Å². The number of carbonyl (C=O) groups excluding carboxylic acids is 2. The zero-order chi connectivity index (χ0) is 19.6. The minimum Gasteiger partial charge on any atom is -0.385 e. The van der Waals surface area contributed by atoms with Gasteiger partial charge in [-0.1, -0.05) is 25.1 Å². The Morgan fingerprint density at radius 1 is 1.15 bits per heavy atom. The number of nitrogens with zero attached hydrogens (tertiary/aromatic N) is 2. The molecule has 5 nitrogen and oxygen atoms in total. The predicted octanol–water partition coefficient (Wildman–Crippen LogP) is 3.15. The average molecular weight is 370 g/mol. The third-order valence-corrected chi connectivity index (χ3v) is 5.64. The molecule has 1 aromatic rings. The van der Waals surface area contributed by atoms with Crippen LogP contribution < -0.4 is 0 Å². The Balaban J connectivity index is 2.01. The van der Waals surface area contributed by atoms with Crippen LogP contribution in [-0.2, 0) is 14.3 Å². The number of piperidine rings is 1. The normalized spacial score (nSPS) is 20.8. The highest BCUT2D eigenvalue weighted by Crippen LogP contribution is 2.34. The first-order chi connectivity index (χ1) is 12.9. The Labute approximate surface area is 162 Å². The molecule has 1 aromatic carbocycles. The number of ether oxygens (including phenoxy) is 1. The molecule has 0 saturated carbocycles. The lowest BCUT2D eigenvalue weighted by Gasteiger charge is -2.33. The monoisotopic (exact) mass is 370 g/mol. The van der Waals surface area contributed by atoms with Crippen molar-refractivity contribution in [3.8, 4) is 0 Å². The van der Waals surface area contributed by atoms with Crippen LogP contribution in [0, 0.1) is 19.8 Å². The number of benzene rings is 1. The lowest BCUT2D eigenvalue weighted by molar-refractivity contribution is -0.137. The summed E-state index contributed by atoms with van der Waals surface area (Å²) in [6.07, 6.45) is 2.87. The van der Waals surface area contributed by atoms with Crippen LogP contribution in [0.25, 0.3) is 5.57 Å². The molecule has 2 aliphatic rings. The van der Waals surface area contributed by atoms with Crippen molar-refractivity contribution in [3.63, 3.8) is 0 Å². The number of hydrogen-bond acceptors (Lipinski definition) is 4. The summed E-state index contributed by atoms with van der Waals surface area (Å²) in [5.41, 5.74) is 4.31. The van der Waals surface area contributed by atoms with E-state index in [0.29, 0.717) is 36.8 Å². The first-order valence-electron chi connectivity index (χ1n) is 9.86. The molecule has 0 aromatic heterocycles. The Morgan fingerprint density at radius 2 is 1.93 bits per heavy atom. The highest BCUT2D eigenvalue weighted by Gasteiger charge is 2.41. The van der Waals surface area contributed by atoms with Gasteiger partial charge in [0, 0.05) is 33.4 Å². The molecule has 0 radical (unpaired) electrons. The highest BCUT2D eigenvalue weighted by atomic mass is 16.5. The Bertz CT molecular complexity index is 769. The lowest BCUT2D eigenvalue weighted by Crippen LogP contribution is -2.39. The van der Waals surface area contributed by atoms with Gasteiger partial charge in [-0.05, 0) is 55.7 Å². The van der Waals surface area contributed by atoms with Crippen molar-refractivity contribution < 1.29 is 14.3 Å². The average Bonchev–Trinajstić information content (AvgIpc) is 2.89. The highest BCUT2D eigenvalue weighted by molar-refractivity contribution is 6.35. The number of amides is 2. The van der Waals surface area contributed by atoms with E-state index in [9.17, 15) is 9.59 Å². The third kappa shape index (κ3) is 3.93. The van der Waals surface area contributed by atoms with Gasteiger partial charge >= 0.3 is 0 Å². The van der Waals surface area contributed by atoms with Crippen LogP contribution in [0.3, 0.4) is 0 Å². The molecule has 2 heterocycles. The first-order valence-corrected chi connectivity index (χ1v) is 9.86. The number of imide groups is 1. The molecule has 5 heteroatoms. The second-order valence-corrected chi connectivity index (χ2v) is 7.82. The molecular formula is C22H30N2O3. The summed E-state index contributed by atoms with van der Waals surface area (Å²) in [6.45, 7) is 8.89. The molecule has 1 atom stereocenters. The van der Waals surface area contributed by atoms with Gasteiger partial charge < -0.3 is 9.64 Å². The van der Waals surface area contributed by atoms with Crippen LogP contribution >= 0.6 is 0 Å². The summed E-state index contributed by atoms with van der Waals surface area (Å²) in [6, 6.07) is 6.02. The third-order valence-electron chi connectivity index (χ3n) is 5.64. The van der Waals surface area contributed by atoms with Crippen molar-refractivity contribution in [1.29, 1.82) is 0 Å². The van der Waals surface area contributed by atoms with Crippen LogP contribution in [0.1, 0.15) is 42.9 Å². The summed E-state index contributed by atoms with van der Waals surface area (Å²) < 4.78 is 5.10. The molecule has 2 aliphatic heterocycles. The summed E-state index contributed by atoms with van der Waals surface area (Å²) in [5, 5.41) is 0. The fourth-order valence-electron chi connectivity index (χ4n) is 3.98. The van der Waals surface area contributed by atoms with Gasteiger partial charge in [-0.25, -0.2) is 0 Å². The van der Waals surface area contributed by atoms with E-state index in [2.05, 4.69) is 18.7 Å². The smallest absolute Gasteiger partial charge is 0.277 e. The van der Waals surface area contributed by atoms with Crippen molar-refractivity contribution in [1.82, 2.24) is 9.80 Å². The van der Waals surface area contributed by atoms with Gasteiger partial charge in [-0.15, -0.1) is 0 Å².